The molecule has 0 spiro atoms. The van der Waals surface area contributed by atoms with E-state index in [0.29, 0.717) is 25.2 Å². The van der Waals surface area contributed by atoms with E-state index in [1.54, 1.807) is 0 Å². The number of rotatable bonds is 11. The Labute approximate surface area is 391 Å². The van der Waals surface area contributed by atoms with Crippen LogP contribution in [0.3, 0.4) is 0 Å². The van der Waals surface area contributed by atoms with Crippen LogP contribution < -0.4 is 10.6 Å². The molecule has 0 bridgehead atoms. The monoisotopic (exact) mass is 909 g/mol. The first kappa shape index (κ1) is 44.6. The maximum atomic E-state index is 14.0. The van der Waals surface area contributed by atoms with Crippen LogP contribution in [0.1, 0.15) is 121 Å². The average molecular weight is 910 g/mol. The van der Waals surface area contributed by atoms with Gasteiger partial charge in [-0.05, 0) is 107 Å². The first-order valence-corrected chi connectivity index (χ1v) is 24.0. The zero-order valence-corrected chi connectivity index (χ0v) is 40.0. The van der Waals surface area contributed by atoms with Crippen molar-refractivity contribution in [1.82, 2.24) is 45.3 Å². The van der Waals surface area contributed by atoms with Gasteiger partial charge in [-0.3, -0.25) is 14.5 Å². The number of nitrogens with one attached hydrogen (secondary N) is 4. The zero-order chi connectivity index (χ0) is 47.2. The predicted octanol–water partition coefficient (Wildman–Crippen LogP) is 8.83. The van der Waals surface area contributed by atoms with Gasteiger partial charge in [0.1, 0.15) is 23.7 Å². The molecule has 4 fully saturated rings. The topological polar surface area (TPSA) is 178 Å². The molecule has 2 aromatic heterocycles. The Morgan fingerprint density at radius 3 is 1.72 bits per heavy atom. The number of aromatic nitrogens is 4. The third-order valence-corrected chi connectivity index (χ3v) is 15.4. The molecule has 67 heavy (non-hydrogen) atoms. The van der Waals surface area contributed by atoms with E-state index in [9.17, 15) is 19.2 Å². The Morgan fingerprint density at radius 1 is 0.687 bits per heavy atom. The zero-order valence-electron chi connectivity index (χ0n) is 40.0. The van der Waals surface area contributed by atoms with Gasteiger partial charge in [0.25, 0.3) is 0 Å². The van der Waals surface area contributed by atoms with Crippen molar-refractivity contribution in [1.29, 1.82) is 0 Å². The van der Waals surface area contributed by atoms with Gasteiger partial charge in [-0.15, -0.1) is 0 Å². The van der Waals surface area contributed by atoms with Gasteiger partial charge in [-0.25, -0.2) is 19.6 Å². The van der Waals surface area contributed by atoms with Crippen molar-refractivity contribution in [2.75, 3.05) is 27.3 Å². The summed E-state index contributed by atoms with van der Waals surface area (Å²) >= 11 is 0. The highest BCUT2D eigenvalue weighted by Crippen LogP contribution is 2.71. The molecule has 9 atom stereocenters. The predicted molar refractivity (Wildman–Crippen MR) is 254 cm³/mol. The van der Waals surface area contributed by atoms with Crippen molar-refractivity contribution in [2.45, 2.75) is 116 Å². The number of alkyl carbamates (subject to hydrolysis) is 2. The molecule has 5 aliphatic rings. The lowest BCUT2D eigenvalue weighted by Gasteiger charge is -2.65. The molecular weight excluding hydrogens is 847 g/mol. The fourth-order valence-electron chi connectivity index (χ4n) is 12.1. The van der Waals surface area contributed by atoms with Crippen molar-refractivity contribution in [3.05, 3.63) is 83.6 Å². The summed E-state index contributed by atoms with van der Waals surface area (Å²) in [5.74, 6) is 1.56. The molecular formula is C52H63N9O6. The van der Waals surface area contributed by atoms with Crippen molar-refractivity contribution < 1.29 is 28.7 Å². The first-order chi connectivity index (χ1) is 32.1. The molecule has 352 valence electrons. The van der Waals surface area contributed by atoms with Crippen LogP contribution in [0, 0.1) is 23.7 Å². The standard InChI is InChI=1S/C52H63N9O6/c1-26(2)44(57-50(64)66-8)48(62)59-24-28(5)18-38(59)46-53-23-37(56-46)31-12-10-30(11-13-31)33-15-16-34(43-41-22-52(7)21-40(42(33)43)61(41)52)32-14-17-35-36(20-32)55-47(54-35)39-19-29(6)25-60(39)49(63)45(27(3)4)58-51(65)67-9/h10-17,20,23,26-29,38-41,44-45H,18-19,21-22,24-25H2,1-9H3,(H,53,56)(H,54,55)(H,57,64)(H,58,65)/t28-,29-,38-,39-,40?,41?,44-,45-,52?/m0/s1. The maximum Gasteiger partial charge on any atom is 0.407 e. The summed E-state index contributed by atoms with van der Waals surface area (Å²) in [6, 6.07) is 18.7. The quantitative estimate of drug-likeness (QED) is 0.101. The van der Waals surface area contributed by atoms with Crippen LogP contribution in [-0.2, 0) is 19.1 Å². The van der Waals surface area contributed by atoms with E-state index < -0.39 is 24.3 Å². The van der Waals surface area contributed by atoms with Crippen LogP contribution in [0.25, 0.3) is 44.5 Å². The van der Waals surface area contributed by atoms with Gasteiger partial charge in [0.05, 0.1) is 49.2 Å². The second-order valence-electron chi connectivity index (χ2n) is 20.9. The van der Waals surface area contributed by atoms with E-state index in [-0.39, 0.29) is 53.1 Å². The number of piperidine rings is 1. The van der Waals surface area contributed by atoms with E-state index in [4.69, 9.17) is 19.4 Å². The molecule has 3 aromatic carbocycles. The number of fused-ring (bicyclic) bond motifs is 4. The number of H-pyrrole nitrogens is 2. The molecule has 4 amide bonds. The number of aromatic amines is 2. The first-order valence-electron chi connectivity index (χ1n) is 24.0. The molecule has 0 radical (unpaired) electrons. The number of carbonyl (C=O) groups is 4. The third-order valence-electron chi connectivity index (χ3n) is 15.4. The molecule has 7 heterocycles. The second kappa shape index (κ2) is 16.8. The summed E-state index contributed by atoms with van der Waals surface area (Å²) in [5.41, 5.74) is 11.6. The van der Waals surface area contributed by atoms with E-state index in [2.05, 4.69) is 101 Å². The Morgan fingerprint density at radius 2 is 1.19 bits per heavy atom. The Balaban J connectivity index is 0.918. The Bertz CT molecular complexity index is 2760. The lowest BCUT2D eigenvalue weighted by atomic mass is 9.68. The average Bonchev–Trinajstić information content (AvgIpc) is 4.14. The SMILES string of the molecule is COC(=O)N[C@H](C(=O)N1C[C@@H](C)C[C@H]1c1ncc(-c2ccc(-c3ccc(-c4ccc5nc([C@@H]6C[C@H](C)CN6C(=O)[C@@H](NC(=O)OC)C(C)C)[nH]c5c4)c4c3C3CC5(C)CC4N35)cc2)[nH]1)C(C)C. The minimum atomic E-state index is -0.705. The van der Waals surface area contributed by atoms with Crippen LogP contribution in [0.2, 0.25) is 0 Å². The normalized spacial score (nSPS) is 26.0. The van der Waals surface area contributed by atoms with Crippen molar-refractivity contribution in [3.63, 3.8) is 0 Å². The summed E-state index contributed by atoms with van der Waals surface area (Å²) < 4.78 is 9.67. The number of hydrogen-bond donors (Lipinski definition) is 4. The van der Waals surface area contributed by atoms with Crippen molar-refractivity contribution >= 4 is 35.0 Å². The highest BCUT2D eigenvalue weighted by Gasteiger charge is 2.66. The van der Waals surface area contributed by atoms with E-state index >= 15 is 0 Å². The van der Waals surface area contributed by atoms with Gasteiger partial charge >= 0.3 is 12.2 Å². The van der Waals surface area contributed by atoms with Crippen molar-refractivity contribution in [3.8, 4) is 33.5 Å². The molecule has 4 saturated heterocycles. The van der Waals surface area contributed by atoms with Crippen LogP contribution >= 0.6 is 0 Å². The molecule has 15 nitrogen and oxygen atoms in total. The summed E-state index contributed by atoms with van der Waals surface area (Å²) in [6.07, 6.45) is 4.44. The summed E-state index contributed by atoms with van der Waals surface area (Å²) in [6.45, 7) is 15.5. The Hall–Kier alpha value is -6.22. The third kappa shape index (κ3) is 7.53. The number of likely N-dealkylation sites (tertiary alicyclic amines) is 2. The number of benzene rings is 3. The van der Waals surface area contributed by atoms with Crippen LogP contribution in [0.4, 0.5) is 9.59 Å². The van der Waals surface area contributed by atoms with Gasteiger partial charge in [-0.1, -0.05) is 84.0 Å². The van der Waals surface area contributed by atoms with Gasteiger partial charge in [0, 0.05) is 30.7 Å². The summed E-state index contributed by atoms with van der Waals surface area (Å²) in [4.78, 5) is 75.7. The molecule has 15 heteroatoms. The fraction of sp³-hybridized carbons (Fsp3) is 0.500. The molecule has 0 saturated carbocycles. The van der Waals surface area contributed by atoms with Gasteiger partial charge in [-0.2, -0.15) is 0 Å². The van der Waals surface area contributed by atoms with Gasteiger partial charge in [0.15, 0.2) is 0 Å². The van der Waals surface area contributed by atoms with Gasteiger partial charge in [0.2, 0.25) is 11.8 Å². The van der Waals surface area contributed by atoms with E-state index in [1.165, 1.54) is 42.0 Å². The number of amides is 4. The molecule has 0 aliphatic carbocycles. The maximum absolute atomic E-state index is 14.0. The molecule has 3 unspecified atom stereocenters. The number of nitrogens with zero attached hydrogens (tertiary/aromatic N) is 5. The number of methoxy groups -OCH3 is 2. The molecule has 4 N–H and O–H groups in total. The highest BCUT2D eigenvalue weighted by atomic mass is 16.5. The van der Waals surface area contributed by atoms with E-state index in [0.717, 1.165) is 65.2 Å². The van der Waals surface area contributed by atoms with Crippen LogP contribution in [0.15, 0.2) is 60.8 Å². The largest absolute Gasteiger partial charge is 0.453 e. The number of hydrogen-bond acceptors (Lipinski definition) is 9. The van der Waals surface area contributed by atoms with Crippen molar-refractivity contribution in [2.24, 2.45) is 23.7 Å². The van der Waals surface area contributed by atoms with Crippen LogP contribution in [0.5, 0.6) is 0 Å². The fourth-order valence-corrected chi connectivity index (χ4v) is 12.1. The molecule has 10 rings (SSSR count). The van der Waals surface area contributed by atoms with Crippen LogP contribution in [-0.4, -0.2) is 104 Å². The Kier molecular flexibility index (Phi) is 11.2. The minimum absolute atomic E-state index is 0.116. The number of imidazole rings is 2. The smallest absolute Gasteiger partial charge is 0.407 e. The lowest BCUT2D eigenvalue weighted by Crippen LogP contribution is -2.66. The number of carbonyl (C=O) groups excluding carboxylic acids is 4. The number of ether oxygens (including phenoxy) is 2. The molecule has 5 aliphatic heterocycles. The lowest BCUT2D eigenvalue weighted by molar-refractivity contribution is -0.177. The summed E-state index contributed by atoms with van der Waals surface area (Å²) in [5, 5.41) is 5.50. The van der Waals surface area contributed by atoms with E-state index in [1.807, 2.05) is 43.7 Å². The summed E-state index contributed by atoms with van der Waals surface area (Å²) in [7, 11) is 2.61. The minimum Gasteiger partial charge on any atom is -0.453 e. The highest BCUT2D eigenvalue weighted by molar-refractivity contribution is 5.89. The second-order valence-corrected chi connectivity index (χ2v) is 20.9. The van der Waals surface area contributed by atoms with Gasteiger partial charge < -0.3 is 39.9 Å². The molecule has 5 aromatic rings.